The van der Waals surface area contributed by atoms with E-state index in [2.05, 4.69) is 9.97 Å². The summed E-state index contributed by atoms with van der Waals surface area (Å²) in [5, 5.41) is 0. The zero-order valence-corrected chi connectivity index (χ0v) is 10.8. The van der Waals surface area contributed by atoms with E-state index in [4.69, 9.17) is 10.5 Å². The molecule has 0 saturated carbocycles. The van der Waals surface area contributed by atoms with Gasteiger partial charge in [-0.05, 0) is 31.7 Å². The van der Waals surface area contributed by atoms with E-state index < -0.39 is 0 Å². The van der Waals surface area contributed by atoms with Crippen LogP contribution in [0.4, 0.5) is 4.39 Å². The number of nitrogens with zero attached hydrogens (tertiary/aromatic N) is 2. The molecule has 0 unspecified atom stereocenters. The van der Waals surface area contributed by atoms with Crippen LogP contribution in [0, 0.1) is 12.7 Å². The molecule has 4 nitrogen and oxygen atoms in total. The van der Waals surface area contributed by atoms with Crippen LogP contribution < -0.4 is 10.5 Å². The molecule has 100 valence electrons. The highest BCUT2D eigenvalue weighted by molar-refractivity contribution is 5.30. The van der Waals surface area contributed by atoms with E-state index in [1.54, 1.807) is 6.20 Å². The van der Waals surface area contributed by atoms with Gasteiger partial charge in [0, 0.05) is 23.9 Å². The van der Waals surface area contributed by atoms with Gasteiger partial charge in [-0.15, -0.1) is 0 Å². The van der Waals surface area contributed by atoms with Crippen molar-refractivity contribution in [1.29, 1.82) is 0 Å². The Kier molecular flexibility index (Phi) is 4.41. The van der Waals surface area contributed by atoms with Crippen LogP contribution in [0.3, 0.4) is 0 Å². The van der Waals surface area contributed by atoms with E-state index in [1.165, 1.54) is 6.07 Å². The minimum atomic E-state index is -0.370. The van der Waals surface area contributed by atoms with Gasteiger partial charge in [-0.3, -0.25) is 9.97 Å². The number of ether oxygens (including phenoxy) is 1. The molecule has 2 heterocycles. The van der Waals surface area contributed by atoms with Crippen molar-refractivity contribution in [2.75, 3.05) is 6.54 Å². The first-order valence-electron chi connectivity index (χ1n) is 6.08. The maximum atomic E-state index is 13.0. The summed E-state index contributed by atoms with van der Waals surface area (Å²) in [5.41, 5.74) is 7.98. The molecule has 0 spiro atoms. The van der Waals surface area contributed by atoms with Crippen LogP contribution >= 0.6 is 0 Å². The minimum absolute atomic E-state index is 0.257. The van der Waals surface area contributed by atoms with Crippen LogP contribution in [0.2, 0.25) is 0 Å². The monoisotopic (exact) mass is 261 g/mol. The third-order valence-corrected chi connectivity index (χ3v) is 2.61. The highest BCUT2D eigenvalue weighted by Crippen LogP contribution is 2.18. The van der Waals surface area contributed by atoms with E-state index in [0.29, 0.717) is 24.3 Å². The Morgan fingerprint density at radius 3 is 2.89 bits per heavy atom. The number of hydrogen-bond donors (Lipinski definition) is 1. The van der Waals surface area contributed by atoms with Crippen molar-refractivity contribution < 1.29 is 9.13 Å². The summed E-state index contributed by atoms with van der Waals surface area (Å²) >= 11 is 0. The van der Waals surface area contributed by atoms with Crippen molar-refractivity contribution >= 4 is 0 Å². The third kappa shape index (κ3) is 3.72. The van der Waals surface area contributed by atoms with Gasteiger partial charge in [-0.2, -0.15) is 0 Å². The fraction of sp³-hybridized carbons (Fsp3) is 0.286. The van der Waals surface area contributed by atoms with Gasteiger partial charge >= 0.3 is 0 Å². The zero-order chi connectivity index (χ0) is 13.7. The van der Waals surface area contributed by atoms with Gasteiger partial charge in [0.25, 0.3) is 0 Å². The van der Waals surface area contributed by atoms with Crippen molar-refractivity contribution in [3.8, 4) is 5.75 Å². The molecular formula is C14H16FN3O. The molecule has 2 aromatic heterocycles. The Morgan fingerprint density at radius 1 is 1.32 bits per heavy atom. The molecule has 0 aromatic carbocycles. The highest BCUT2D eigenvalue weighted by atomic mass is 19.1. The quantitative estimate of drug-likeness (QED) is 0.894. The predicted molar refractivity (Wildman–Crippen MR) is 70.3 cm³/mol. The van der Waals surface area contributed by atoms with Gasteiger partial charge in [-0.25, -0.2) is 4.39 Å². The van der Waals surface area contributed by atoms with Crippen molar-refractivity contribution in [2.45, 2.75) is 20.0 Å². The lowest BCUT2D eigenvalue weighted by atomic mass is 10.2. The number of nitrogens with two attached hydrogens (primary N) is 1. The number of hydrogen-bond acceptors (Lipinski definition) is 4. The van der Waals surface area contributed by atoms with Gasteiger partial charge in [0.2, 0.25) is 0 Å². The topological polar surface area (TPSA) is 61.0 Å². The van der Waals surface area contributed by atoms with E-state index in [0.717, 1.165) is 17.6 Å². The van der Waals surface area contributed by atoms with E-state index in [1.807, 2.05) is 19.1 Å². The maximum absolute atomic E-state index is 13.0. The lowest BCUT2D eigenvalue weighted by molar-refractivity contribution is 0.300. The summed E-state index contributed by atoms with van der Waals surface area (Å²) < 4.78 is 18.7. The highest BCUT2D eigenvalue weighted by Gasteiger charge is 2.06. The van der Waals surface area contributed by atoms with Crippen molar-refractivity contribution in [1.82, 2.24) is 9.97 Å². The summed E-state index contributed by atoms with van der Waals surface area (Å²) in [6, 6.07) is 5.14. The zero-order valence-electron chi connectivity index (χ0n) is 10.8. The maximum Gasteiger partial charge on any atom is 0.141 e. The molecule has 0 aliphatic heterocycles. The molecule has 2 N–H and O–H groups in total. The largest absolute Gasteiger partial charge is 0.487 e. The van der Waals surface area contributed by atoms with Crippen LogP contribution in [0.25, 0.3) is 0 Å². The Balaban J connectivity index is 2.10. The second-order valence-corrected chi connectivity index (χ2v) is 4.24. The predicted octanol–water partition coefficient (Wildman–Crippen LogP) is 2.00. The van der Waals surface area contributed by atoms with Crippen LogP contribution in [-0.4, -0.2) is 16.5 Å². The Bertz CT molecular complexity index is 560. The molecule has 2 rings (SSSR count). The lowest BCUT2D eigenvalue weighted by Crippen LogP contribution is -2.08. The number of aryl methyl sites for hydroxylation is 1. The summed E-state index contributed by atoms with van der Waals surface area (Å²) in [6.45, 7) is 2.68. The van der Waals surface area contributed by atoms with Gasteiger partial charge in [0.15, 0.2) is 0 Å². The normalized spacial score (nSPS) is 10.5. The number of rotatable bonds is 5. The van der Waals surface area contributed by atoms with E-state index >= 15 is 0 Å². The molecule has 0 radical (unpaired) electrons. The molecular weight excluding hydrogens is 245 g/mol. The van der Waals surface area contributed by atoms with Gasteiger partial charge in [0.1, 0.15) is 18.2 Å². The molecule has 2 aromatic rings. The Hall–Kier alpha value is -2.01. The lowest BCUT2D eigenvalue weighted by Gasteiger charge is -2.11. The first kappa shape index (κ1) is 13.4. The van der Waals surface area contributed by atoms with Crippen LogP contribution in [0.1, 0.15) is 17.0 Å². The minimum Gasteiger partial charge on any atom is -0.487 e. The van der Waals surface area contributed by atoms with Crippen LogP contribution in [0.5, 0.6) is 5.75 Å². The molecule has 0 aliphatic carbocycles. The molecule has 0 bridgehead atoms. The standard InChI is InChI=1S/C14H16FN3O/c1-10-2-3-14(13(18-10)4-5-16)19-9-11-6-12(15)8-17-7-11/h2-3,6-8H,4-5,9,16H2,1H3. The van der Waals surface area contributed by atoms with Crippen LogP contribution in [-0.2, 0) is 13.0 Å². The fourth-order valence-corrected chi connectivity index (χ4v) is 1.74. The second kappa shape index (κ2) is 6.24. The second-order valence-electron chi connectivity index (χ2n) is 4.24. The summed E-state index contributed by atoms with van der Waals surface area (Å²) in [6.07, 6.45) is 3.39. The number of aromatic nitrogens is 2. The molecule has 0 atom stereocenters. The third-order valence-electron chi connectivity index (χ3n) is 2.61. The molecule has 19 heavy (non-hydrogen) atoms. The first-order valence-corrected chi connectivity index (χ1v) is 6.08. The average molecular weight is 261 g/mol. The van der Waals surface area contributed by atoms with Gasteiger partial charge < -0.3 is 10.5 Å². The van der Waals surface area contributed by atoms with Crippen molar-refractivity contribution in [3.63, 3.8) is 0 Å². The average Bonchev–Trinajstić information content (AvgIpc) is 2.38. The van der Waals surface area contributed by atoms with E-state index in [-0.39, 0.29) is 12.4 Å². The smallest absolute Gasteiger partial charge is 0.141 e. The van der Waals surface area contributed by atoms with Crippen molar-refractivity contribution in [3.05, 3.63) is 53.4 Å². The summed E-state index contributed by atoms with van der Waals surface area (Å²) in [7, 11) is 0. The van der Waals surface area contributed by atoms with E-state index in [9.17, 15) is 4.39 Å². The SMILES string of the molecule is Cc1ccc(OCc2cncc(F)c2)c(CCN)n1. The summed E-state index contributed by atoms with van der Waals surface area (Å²) in [4.78, 5) is 8.18. The fourth-order valence-electron chi connectivity index (χ4n) is 1.74. The molecule has 0 saturated heterocycles. The molecule has 0 aliphatic rings. The van der Waals surface area contributed by atoms with Crippen molar-refractivity contribution in [2.24, 2.45) is 5.73 Å². The Labute approximate surface area is 111 Å². The first-order chi connectivity index (χ1) is 9.19. The van der Waals surface area contributed by atoms with Gasteiger partial charge in [0.05, 0.1) is 11.9 Å². The Morgan fingerprint density at radius 2 is 2.16 bits per heavy atom. The number of halogens is 1. The number of pyridine rings is 2. The molecule has 0 amide bonds. The summed E-state index contributed by atoms with van der Waals surface area (Å²) in [5.74, 6) is 0.311. The van der Waals surface area contributed by atoms with Gasteiger partial charge in [-0.1, -0.05) is 0 Å². The van der Waals surface area contributed by atoms with Crippen LogP contribution in [0.15, 0.2) is 30.6 Å². The molecule has 0 fully saturated rings. The molecule has 5 heteroatoms.